The number of alkyl halides is 3. The largest absolute Gasteiger partial charge is 0.707 e. The number of hydrogen-bond acceptors (Lipinski definition) is 4. The minimum absolute atomic E-state index is 0.00604. The summed E-state index contributed by atoms with van der Waals surface area (Å²) in [5, 5.41) is 17.4. The van der Waals surface area contributed by atoms with Crippen molar-refractivity contribution in [1.29, 1.82) is 0 Å². The number of rotatable bonds is 4. The molecular weight excluding hydrogens is 288 g/mol. The fourth-order valence-electron chi connectivity index (χ4n) is 1.60. The Labute approximate surface area is 118 Å². The van der Waals surface area contributed by atoms with E-state index in [1.807, 2.05) is 0 Å². The first-order valence-corrected chi connectivity index (χ1v) is 5.82. The molecule has 2 rings (SSSR count). The van der Waals surface area contributed by atoms with Gasteiger partial charge in [-0.1, -0.05) is 12.1 Å². The number of hydrogen-bond donors (Lipinski definition) is 2. The second-order valence-corrected chi connectivity index (χ2v) is 4.05. The van der Waals surface area contributed by atoms with Gasteiger partial charge in [0.25, 0.3) is 0 Å². The van der Waals surface area contributed by atoms with Crippen molar-refractivity contribution in [3.8, 4) is 17.2 Å². The maximum atomic E-state index is 12.6. The zero-order chi connectivity index (χ0) is 15.5. The van der Waals surface area contributed by atoms with Crippen molar-refractivity contribution in [2.75, 3.05) is 0 Å². The summed E-state index contributed by atoms with van der Waals surface area (Å²) in [6.45, 7) is 0. The van der Waals surface area contributed by atoms with Crippen molar-refractivity contribution in [3.63, 3.8) is 0 Å². The lowest BCUT2D eigenvalue weighted by Crippen LogP contribution is -2.20. The average molecular weight is 298 g/mol. The van der Waals surface area contributed by atoms with E-state index in [1.54, 1.807) is 0 Å². The van der Waals surface area contributed by atoms with E-state index in [0.717, 1.165) is 12.1 Å². The summed E-state index contributed by atoms with van der Waals surface area (Å²) in [4.78, 5) is 0. The molecule has 0 aliphatic carbocycles. The van der Waals surface area contributed by atoms with Gasteiger partial charge in [-0.3, -0.25) is 0 Å². The van der Waals surface area contributed by atoms with Crippen LogP contribution in [0.15, 0.2) is 48.5 Å². The van der Waals surface area contributed by atoms with E-state index in [-0.39, 0.29) is 17.2 Å². The Balaban J connectivity index is 2.18. The molecule has 0 spiro atoms. The minimum Gasteiger partial charge on any atom is -0.512 e. The summed E-state index contributed by atoms with van der Waals surface area (Å²) < 4.78 is 47.7. The van der Waals surface area contributed by atoms with Crippen LogP contribution in [0.1, 0.15) is 5.56 Å². The summed E-state index contributed by atoms with van der Waals surface area (Å²) in [5.41, 5.74) is -0.821. The topological polar surface area (TPSA) is 58.9 Å². The lowest BCUT2D eigenvalue weighted by Gasteiger charge is -2.11. The second-order valence-electron chi connectivity index (χ2n) is 4.05. The molecule has 0 heterocycles. The Hall–Kier alpha value is -2.19. The Morgan fingerprint density at radius 1 is 0.857 bits per heavy atom. The molecule has 0 radical (unpaired) electrons. The van der Waals surface area contributed by atoms with Crippen molar-refractivity contribution in [2.45, 2.75) is 6.18 Å². The average Bonchev–Trinajstić information content (AvgIpc) is 2.37. The molecular formula is C13H10BF3O4. The standard InChI is InChI=1S/C13H10BF3O4/c15-13(16,17)9-3-1-4-10(7-9)20-11-5-2-6-12(8-11)21-14(18)19/h1-8,18-19H. The summed E-state index contributed by atoms with van der Waals surface area (Å²) >= 11 is 0. The molecule has 0 atom stereocenters. The zero-order valence-corrected chi connectivity index (χ0v) is 10.5. The Morgan fingerprint density at radius 3 is 2.05 bits per heavy atom. The van der Waals surface area contributed by atoms with Crippen LogP contribution in [0.3, 0.4) is 0 Å². The van der Waals surface area contributed by atoms with Crippen molar-refractivity contribution in [1.82, 2.24) is 0 Å². The van der Waals surface area contributed by atoms with E-state index in [0.29, 0.717) is 0 Å². The molecule has 0 amide bonds. The van der Waals surface area contributed by atoms with Crippen LogP contribution in [-0.4, -0.2) is 17.4 Å². The molecule has 8 heteroatoms. The van der Waals surface area contributed by atoms with Crippen LogP contribution in [-0.2, 0) is 6.18 Å². The van der Waals surface area contributed by atoms with Crippen LogP contribution < -0.4 is 9.39 Å². The van der Waals surface area contributed by atoms with Crippen LogP contribution in [0.25, 0.3) is 0 Å². The minimum atomic E-state index is -4.45. The summed E-state index contributed by atoms with van der Waals surface area (Å²) in [7, 11) is -1.99. The van der Waals surface area contributed by atoms with Gasteiger partial charge < -0.3 is 19.4 Å². The molecule has 0 bridgehead atoms. The van der Waals surface area contributed by atoms with Crippen LogP contribution >= 0.6 is 0 Å². The summed E-state index contributed by atoms with van der Waals surface area (Å²) in [6, 6.07) is 10.2. The Morgan fingerprint density at radius 2 is 1.43 bits per heavy atom. The van der Waals surface area contributed by atoms with Crippen molar-refractivity contribution in [2.24, 2.45) is 0 Å². The second kappa shape index (κ2) is 6.07. The highest BCUT2D eigenvalue weighted by Gasteiger charge is 2.30. The lowest BCUT2D eigenvalue weighted by molar-refractivity contribution is -0.137. The normalized spacial score (nSPS) is 11.1. The predicted molar refractivity (Wildman–Crippen MR) is 68.8 cm³/mol. The first kappa shape index (κ1) is 15.2. The van der Waals surface area contributed by atoms with Crippen LogP contribution in [0.4, 0.5) is 13.2 Å². The lowest BCUT2D eigenvalue weighted by atomic mass is 10.2. The summed E-state index contributed by atoms with van der Waals surface area (Å²) in [6.07, 6.45) is -4.45. The van der Waals surface area contributed by atoms with Gasteiger partial charge >= 0.3 is 13.5 Å². The number of halogens is 3. The van der Waals surface area contributed by atoms with E-state index in [4.69, 9.17) is 14.8 Å². The van der Waals surface area contributed by atoms with Crippen LogP contribution in [0.2, 0.25) is 0 Å². The highest BCUT2D eigenvalue weighted by molar-refractivity contribution is 6.33. The molecule has 21 heavy (non-hydrogen) atoms. The third kappa shape index (κ3) is 4.40. The third-order valence-electron chi connectivity index (χ3n) is 2.44. The third-order valence-corrected chi connectivity index (χ3v) is 2.44. The van der Waals surface area contributed by atoms with E-state index in [2.05, 4.69) is 4.65 Å². The van der Waals surface area contributed by atoms with Gasteiger partial charge in [0.2, 0.25) is 0 Å². The van der Waals surface area contributed by atoms with Crippen LogP contribution in [0, 0.1) is 0 Å². The molecule has 0 fully saturated rings. The molecule has 110 valence electrons. The van der Waals surface area contributed by atoms with E-state index in [1.165, 1.54) is 36.4 Å². The highest BCUT2D eigenvalue weighted by Crippen LogP contribution is 2.33. The maximum Gasteiger partial charge on any atom is 0.707 e. The van der Waals surface area contributed by atoms with E-state index >= 15 is 0 Å². The Bertz CT molecular complexity index is 616. The van der Waals surface area contributed by atoms with Crippen molar-refractivity contribution >= 4 is 7.32 Å². The highest BCUT2D eigenvalue weighted by atomic mass is 19.4. The van der Waals surface area contributed by atoms with Crippen molar-refractivity contribution in [3.05, 3.63) is 54.1 Å². The van der Waals surface area contributed by atoms with Crippen molar-refractivity contribution < 1.29 is 32.6 Å². The fourth-order valence-corrected chi connectivity index (χ4v) is 1.60. The van der Waals surface area contributed by atoms with Gasteiger partial charge in [0, 0.05) is 6.07 Å². The zero-order valence-electron chi connectivity index (χ0n) is 10.5. The fraction of sp³-hybridized carbons (Fsp3) is 0.0769. The molecule has 0 saturated heterocycles. The van der Waals surface area contributed by atoms with Gasteiger partial charge in [0.1, 0.15) is 17.2 Å². The first-order chi connectivity index (χ1) is 9.84. The van der Waals surface area contributed by atoms with Gasteiger partial charge in [0.15, 0.2) is 0 Å². The first-order valence-electron chi connectivity index (χ1n) is 5.82. The van der Waals surface area contributed by atoms with Gasteiger partial charge in [-0.2, -0.15) is 13.2 Å². The Kier molecular flexibility index (Phi) is 4.39. The molecule has 2 aromatic carbocycles. The molecule has 2 N–H and O–H groups in total. The molecule has 2 aromatic rings. The molecule has 0 aliphatic rings. The van der Waals surface area contributed by atoms with Gasteiger partial charge in [0.05, 0.1) is 5.56 Å². The van der Waals surface area contributed by atoms with E-state index < -0.39 is 19.1 Å². The molecule has 0 saturated carbocycles. The quantitative estimate of drug-likeness (QED) is 0.852. The van der Waals surface area contributed by atoms with Gasteiger partial charge in [-0.15, -0.1) is 0 Å². The summed E-state index contributed by atoms with van der Waals surface area (Å²) in [5.74, 6) is 0.313. The molecule has 4 nitrogen and oxygen atoms in total. The van der Waals surface area contributed by atoms with Gasteiger partial charge in [-0.25, -0.2) is 0 Å². The van der Waals surface area contributed by atoms with Gasteiger partial charge in [-0.05, 0) is 30.3 Å². The molecule has 0 unspecified atom stereocenters. The monoisotopic (exact) mass is 298 g/mol. The maximum absolute atomic E-state index is 12.6. The molecule has 0 aromatic heterocycles. The predicted octanol–water partition coefficient (Wildman–Crippen LogP) is 2.85. The number of ether oxygens (including phenoxy) is 1. The smallest absolute Gasteiger partial charge is 0.512 e. The SMILES string of the molecule is OB(O)Oc1cccc(Oc2cccc(C(F)(F)F)c2)c1. The van der Waals surface area contributed by atoms with Crippen LogP contribution in [0.5, 0.6) is 17.2 Å². The number of benzene rings is 2. The molecule has 0 aliphatic heterocycles. The van der Waals surface area contributed by atoms with E-state index in [9.17, 15) is 13.2 Å².